The highest BCUT2D eigenvalue weighted by Gasteiger charge is 2.27. The van der Waals surface area contributed by atoms with Gasteiger partial charge in [-0.25, -0.2) is 0 Å². The largest absolute Gasteiger partial charge is 0.380 e. The van der Waals surface area contributed by atoms with Gasteiger partial charge in [0.2, 0.25) is 0 Å². The summed E-state index contributed by atoms with van der Waals surface area (Å²) in [6.45, 7) is 3.34. The lowest BCUT2D eigenvalue weighted by Gasteiger charge is -2.15. The zero-order valence-corrected chi connectivity index (χ0v) is 7.13. The predicted octanol–water partition coefficient (Wildman–Crippen LogP) is 1.12. The molecule has 0 bridgehead atoms. The number of nitrogens with zero attached hydrogens (tertiary/aromatic N) is 1. The van der Waals surface area contributed by atoms with Crippen LogP contribution >= 0.6 is 0 Å². The molecule has 1 aliphatic heterocycles. The van der Waals surface area contributed by atoms with E-state index in [4.69, 9.17) is 4.74 Å². The van der Waals surface area contributed by atoms with E-state index in [0.29, 0.717) is 6.10 Å². The summed E-state index contributed by atoms with van der Waals surface area (Å²) in [5.41, 5.74) is 0. The lowest BCUT2D eigenvalue weighted by Crippen LogP contribution is -2.24. The molecule has 0 spiro atoms. The Labute approximate surface area is 63.2 Å². The van der Waals surface area contributed by atoms with Gasteiger partial charge in [0.15, 0.2) is 0 Å². The summed E-state index contributed by atoms with van der Waals surface area (Å²) in [5, 5.41) is 0. The molecule has 0 aromatic rings. The fourth-order valence-electron chi connectivity index (χ4n) is 1.68. The summed E-state index contributed by atoms with van der Waals surface area (Å²) in [7, 11) is 3.98. The van der Waals surface area contributed by atoms with Crippen LogP contribution in [0, 0.1) is 0 Å². The Morgan fingerprint density at radius 3 is 2.60 bits per heavy atom. The Balaban J connectivity index is 2.36. The van der Waals surface area contributed by atoms with Crippen LogP contribution in [-0.2, 0) is 4.74 Å². The van der Waals surface area contributed by atoms with Gasteiger partial charge in [0, 0.05) is 19.7 Å². The minimum absolute atomic E-state index is 0.481. The van der Waals surface area contributed by atoms with Crippen LogP contribution in [-0.4, -0.2) is 37.7 Å². The molecule has 0 saturated carbocycles. The van der Waals surface area contributed by atoms with E-state index in [1.807, 2.05) is 0 Å². The Morgan fingerprint density at radius 2 is 2.30 bits per heavy atom. The van der Waals surface area contributed by atoms with Crippen molar-refractivity contribution in [2.75, 3.05) is 20.7 Å². The van der Waals surface area contributed by atoms with E-state index >= 15 is 0 Å². The van der Waals surface area contributed by atoms with E-state index in [0.717, 1.165) is 12.6 Å². The highest BCUT2D eigenvalue weighted by molar-refractivity contribution is 4.82. The van der Waals surface area contributed by atoms with Crippen LogP contribution in [0.15, 0.2) is 0 Å². The molecule has 0 N–H and O–H groups in total. The molecule has 0 radical (unpaired) electrons. The third-order valence-corrected chi connectivity index (χ3v) is 2.45. The number of likely N-dealkylation sites (tertiary alicyclic amines) is 1. The molecule has 1 heterocycles. The molecule has 0 unspecified atom stereocenters. The minimum Gasteiger partial charge on any atom is -0.380 e. The maximum absolute atomic E-state index is 5.27. The van der Waals surface area contributed by atoms with Crippen molar-refractivity contribution in [1.29, 1.82) is 0 Å². The normalized spacial score (nSPS) is 35.1. The zero-order valence-electron chi connectivity index (χ0n) is 7.13. The Morgan fingerprint density at radius 1 is 1.60 bits per heavy atom. The number of ether oxygens (including phenoxy) is 1. The van der Waals surface area contributed by atoms with Crippen LogP contribution in [0.1, 0.15) is 19.8 Å². The second-order valence-corrected chi connectivity index (χ2v) is 3.10. The third kappa shape index (κ3) is 1.50. The molecule has 0 aliphatic carbocycles. The van der Waals surface area contributed by atoms with Crippen molar-refractivity contribution in [2.24, 2.45) is 0 Å². The first-order valence-electron chi connectivity index (χ1n) is 4.01. The molecule has 1 saturated heterocycles. The molecule has 1 aliphatic rings. The van der Waals surface area contributed by atoms with Gasteiger partial charge in [-0.3, -0.25) is 0 Å². The summed E-state index contributed by atoms with van der Waals surface area (Å²) in [5.74, 6) is 0. The van der Waals surface area contributed by atoms with Gasteiger partial charge >= 0.3 is 0 Å². The fourth-order valence-corrected chi connectivity index (χ4v) is 1.68. The number of hydrogen-bond donors (Lipinski definition) is 0. The topological polar surface area (TPSA) is 12.5 Å². The zero-order chi connectivity index (χ0) is 7.56. The molecule has 1 rings (SSSR count). The van der Waals surface area contributed by atoms with Crippen LogP contribution < -0.4 is 0 Å². The van der Waals surface area contributed by atoms with Crippen LogP contribution in [0.4, 0.5) is 0 Å². The van der Waals surface area contributed by atoms with Crippen LogP contribution in [0.5, 0.6) is 0 Å². The van der Waals surface area contributed by atoms with Crippen LogP contribution in [0.25, 0.3) is 0 Å². The molecular weight excluding hydrogens is 126 g/mol. The first-order chi connectivity index (χ1) is 4.77. The van der Waals surface area contributed by atoms with Crippen LogP contribution in [0.2, 0.25) is 0 Å². The van der Waals surface area contributed by atoms with Gasteiger partial charge in [-0.15, -0.1) is 0 Å². The standard InChI is InChI=1S/C8H17NO/c1-4-7-5-8(10-3)6-9(7)2/h7-8H,4-6H2,1-3H3/t7-,8+/m1/s1. The highest BCUT2D eigenvalue weighted by Crippen LogP contribution is 2.19. The van der Waals surface area contributed by atoms with Crippen molar-refractivity contribution in [3.05, 3.63) is 0 Å². The summed E-state index contributed by atoms with van der Waals surface area (Å²) >= 11 is 0. The average molecular weight is 143 g/mol. The second kappa shape index (κ2) is 3.35. The van der Waals surface area contributed by atoms with Gasteiger partial charge < -0.3 is 9.64 Å². The first-order valence-corrected chi connectivity index (χ1v) is 4.01. The Bertz CT molecular complexity index is 105. The lowest BCUT2D eigenvalue weighted by atomic mass is 10.1. The number of methoxy groups -OCH3 is 1. The van der Waals surface area contributed by atoms with Crippen molar-refractivity contribution in [3.8, 4) is 0 Å². The molecule has 2 nitrogen and oxygen atoms in total. The van der Waals surface area contributed by atoms with Gasteiger partial charge in [0.05, 0.1) is 6.10 Å². The van der Waals surface area contributed by atoms with Crippen molar-refractivity contribution in [1.82, 2.24) is 4.90 Å². The van der Waals surface area contributed by atoms with Gasteiger partial charge in [0.1, 0.15) is 0 Å². The van der Waals surface area contributed by atoms with Crippen molar-refractivity contribution >= 4 is 0 Å². The number of hydrogen-bond acceptors (Lipinski definition) is 2. The molecule has 1 fully saturated rings. The van der Waals surface area contributed by atoms with E-state index in [9.17, 15) is 0 Å². The molecule has 0 amide bonds. The lowest BCUT2D eigenvalue weighted by molar-refractivity contribution is 0.111. The quantitative estimate of drug-likeness (QED) is 0.574. The van der Waals surface area contributed by atoms with Gasteiger partial charge in [-0.1, -0.05) is 6.92 Å². The van der Waals surface area contributed by atoms with Gasteiger partial charge in [-0.2, -0.15) is 0 Å². The van der Waals surface area contributed by atoms with Crippen molar-refractivity contribution < 1.29 is 4.74 Å². The maximum atomic E-state index is 5.27. The smallest absolute Gasteiger partial charge is 0.0713 e. The molecule has 2 atom stereocenters. The monoisotopic (exact) mass is 143 g/mol. The van der Waals surface area contributed by atoms with E-state index in [1.165, 1.54) is 12.8 Å². The minimum atomic E-state index is 0.481. The third-order valence-electron chi connectivity index (χ3n) is 2.45. The van der Waals surface area contributed by atoms with Gasteiger partial charge in [-0.05, 0) is 19.9 Å². The molecular formula is C8H17NO. The Kier molecular flexibility index (Phi) is 2.69. The van der Waals surface area contributed by atoms with Crippen molar-refractivity contribution in [3.63, 3.8) is 0 Å². The van der Waals surface area contributed by atoms with Crippen molar-refractivity contribution in [2.45, 2.75) is 31.9 Å². The first kappa shape index (κ1) is 8.02. The highest BCUT2D eigenvalue weighted by atomic mass is 16.5. The summed E-state index contributed by atoms with van der Waals surface area (Å²) in [4.78, 5) is 2.38. The summed E-state index contributed by atoms with van der Waals surface area (Å²) < 4.78 is 5.27. The molecule has 0 aromatic heterocycles. The molecule has 0 aromatic carbocycles. The van der Waals surface area contributed by atoms with Gasteiger partial charge in [0.25, 0.3) is 0 Å². The van der Waals surface area contributed by atoms with E-state index < -0.39 is 0 Å². The SMILES string of the molecule is CC[C@@H]1C[C@H](OC)CN1C. The summed E-state index contributed by atoms with van der Waals surface area (Å²) in [6, 6.07) is 0.755. The number of likely N-dealkylation sites (N-methyl/N-ethyl adjacent to an activating group) is 1. The van der Waals surface area contributed by atoms with E-state index in [2.05, 4.69) is 18.9 Å². The second-order valence-electron chi connectivity index (χ2n) is 3.10. The van der Waals surface area contributed by atoms with Crippen LogP contribution in [0.3, 0.4) is 0 Å². The molecule has 2 heteroatoms. The maximum Gasteiger partial charge on any atom is 0.0713 e. The fraction of sp³-hybridized carbons (Fsp3) is 1.00. The van der Waals surface area contributed by atoms with E-state index in [-0.39, 0.29) is 0 Å². The predicted molar refractivity (Wildman–Crippen MR) is 42.1 cm³/mol. The average Bonchev–Trinajstić information content (AvgIpc) is 2.30. The Hall–Kier alpha value is -0.0800. The molecule has 60 valence electrons. The number of rotatable bonds is 2. The summed E-state index contributed by atoms with van der Waals surface area (Å²) in [6.07, 6.45) is 2.94. The van der Waals surface area contributed by atoms with E-state index in [1.54, 1.807) is 7.11 Å². The molecule has 10 heavy (non-hydrogen) atoms.